The van der Waals surface area contributed by atoms with E-state index in [0.717, 1.165) is 35.7 Å². The highest BCUT2D eigenvalue weighted by Gasteiger charge is 2.26. The van der Waals surface area contributed by atoms with Gasteiger partial charge in [-0.3, -0.25) is 4.79 Å². The maximum absolute atomic E-state index is 12.6. The molecule has 0 spiro atoms. The van der Waals surface area contributed by atoms with Crippen LogP contribution in [0.5, 0.6) is 0 Å². The number of hydrogen-bond donors (Lipinski definition) is 1. The Bertz CT molecular complexity index is 670. The molecule has 0 unspecified atom stereocenters. The largest absolute Gasteiger partial charge is 0.368 e. The second-order valence-electron chi connectivity index (χ2n) is 5.53. The van der Waals surface area contributed by atoms with Crippen molar-refractivity contribution < 1.29 is 4.79 Å². The zero-order valence-electron chi connectivity index (χ0n) is 13.8. The van der Waals surface area contributed by atoms with E-state index in [2.05, 4.69) is 32.5 Å². The van der Waals surface area contributed by atoms with Gasteiger partial charge >= 0.3 is 0 Å². The van der Waals surface area contributed by atoms with E-state index < -0.39 is 0 Å². The maximum Gasteiger partial charge on any atom is 0.235 e. The minimum Gasteiger partial charge on any atom is -0.368 e. The lowest BCUT2D eigenvalue weighted by Crippen LogP contribution is -2.50. The number of nitrogens with zero attached hydrogens (tertiary/aromatic N) is 4. The number of carbonyl (C=O) groups excluding carboxylic acids is 1. The van der Waals surface area contributed by atoms with Gasteiger partial charge in [-0.05, 0) is 19.1 Å². The first-order valence-electron chi connectivity index (χ1n) is 7.94. The van der Waals surface area contributed by atoms with Crippen LogP contribution in [-0.4, -0.2) is 59.5 Å². The summed E-state index contributed by atoms with van der Waals surface area (Å²) >= 11 is 2.95. The summed E-state index contributed by atoms with van der Waals surface area (Å²) in [5.74, 6) is 0.175. The van der Waals surface area contributed by atoms with E-state index in [9.17, 15) is 4.79 Å². The van der Waals surface area contributed by atoms with Gasteiger partial charge in [0.2, 0.25) is 11.0 Å². The summed E-state index contributed by atoms with van der Waals surface area (Å²) in [6.45, 7) is 5.20. The fourth-order valence-corrected chi connectivity index (χ4v) is 4.57. The fraction of sp³-hybridized carbons (Fsp3) is 0.438. The van der Waals surface area contributed by atoms with E-state index >= 15 is 0 Å². The lowest BCUT2D eigenvalue weighted by molar-refractivity contribution is -0.130. The molecule has 3 rings (SSSR count). The van der Waals surface area contributed by atoms with Gasteiger partial charge in [0.15, 0.2) is 4.34 Å². The molecule has 1 saturated heterocycles. The van der Waals surface area contributed by atoms with Gasteiger partial charge in [-0.15, -0.1) is 10.2 Å². The molecule has 1 fully saturated rings. The monoisotopic (exact) mass is 363 g/mol. The average molecular weight is 364 g/mol. The van der Waals surface area contributed by atoms with Gasteiger partial charge < -0.3 is 15.1 Å². The van der Waals surface area contributed by atoms with Crippen LogP contribution in [0.1, 0.15) is 6.92 Å². The SMILES string of the molecule is CNc1nnc(S[C@@H](C)C(=O)N2CCN(c3ccccc3)CC2)s1. The molecule has 2 heterocycles. The zero-order valence-corrected chi connectivity index (χ0v) is 15.4. The molecule has 2 aromatic rings. The van der Waals surface area contributed by atoms with E-state index in [1.165, 1.54) is 28.8 Å². The lowest BCUT2D eigenvalue weighted by Gasteiger charge is -2.37. The Hall–Kier alpha value is -1.80. The fourth-order valence-electron chi connectivity index (χ4n) is 2.64. The van der Waals surface area contributed by atoms with Crippen LogP contribution in [0.15, 0.2) is 34.7 Å². The summed E-state index contributed by atoms with van der Waals surface area (Å²) in [6.07, 6.45) is 0. The maximum atomic E-state index is 12.6. The molecule has 1 amide bonds. The second kappa shape index (κ2) is 7.85. The molecule has 0 saturated carbocycles. The molecule has 1 atom stereocenters. The number of hydrogen-bond acceptors (Lipinski definition) is 7. The van der Waals surface area contributed by atoms with Crippen LogP contribution in [0, 0.1) is 0 Å². The highest BCUT2D eigenvalue weighted by atomic mass is 32.2. The molecular formula is C16H21N5OS2. The molecule has 128 valence electrons. The van der Waals surface area contributed by atoms with Gasteiger partial charge in [0.05, 0.1) is 5.25 Å². The second-order valence-corrected chi connectivity index (χ2v) is 8.10. The van der Waals surface area contributed by atoms with E-state index in [4.69, 9.17) is 0 Å². The van der Waals surface area contributed by atoms with Gasteiger partial charge in [-0.2, -0.15) is 0 Å². The topological polar surface area (TPSA) is 61.4 Å². The Labute approximate surface area is 150 Å². The highest BCUT2D eigenvalue weighted by molar-refractivity contribution is 8.02. The van der Waals surface area contributed by atoms with Crippen molar-refractivity contribution in [1.29, 1.82) is 0 Å². The molecule has 1 aromatic heterocycles. The molecule has 0 radical (unpaired) electrons. The summed E-state index contributed by atoms with van der Waals surface area (Å²) in [6, 6.07) is 10.4. The van der Waals surface area contributed by atoms with Gasteiger partial charge in [0.25, 0.3) is 0 Å². The van der Waals surface area contributed by atoms with Crippen LogP contribution in [-0.2, 0) is 4.79 Å². The number of anilines is 2. The van der Waals surface area contributed by atoms with Crippen molar-refractivity contribution in [1.82, 2.24) is 15.1 Å². The number of para-hydroxylation sites is 1. The molecule has 1 aliphatic rings. The third kappa shape index (κ3) is 3.99. The van der Waals surface area contributed by atoms with Crippen molar-refractivity contribution >= 4 is 39.8 Å². The van der Waals surface area contributed by atoms with Crippen molar-refractivity contribution in [3.05, 3.63) is 30.3 Å². The minimum absolute atomic E-state index is 0.147. The predicted octanol–water partition coefficient (Wildman–Crippen LogP) is 2.41. The van der Waals surface area contributed by atoms with E-state index in [1.807, 2.05) is 37.1 Å². The molecule has 8 heteroatoms. The lowest BCUT2D eigenvalue weighted by atomic mass is 10.2. The Morgan fingerprint density at radius 1 is 1.21 bits per heavy atom. The minimum atomic E-state index is -0.147. The standard InChI is InChI=1S/C16H21N5OS2/c1-12(23-16-19-18-15(17-2)24-16)14(22)21-10-8-20(9-11-21)13-6-4-3-5-7-13/h3-7,12H,8-11H2,1-2H3,(H,17,18)/t12-/m0/s1. The first-order chi connectivity index (χ1) is 11.7. The normalized spacial score (nSPS) is 16.1. The zero-order chi connectivity index (χ0) is 16.9. The van der Waals surface area contributed by atoms with Crippen LogP contribution < -0.4 is 10.2 Å². The Kier molecular flexibility index (Phi) is 5.57. The number of aromatic nitrogens is 2. The first kappa shape index (κ1) is 17.0. The van der Waals surface area contributed by atoms with Crippen molar-refractivity contribution in [2.45, 2.75) is 16.5 Å². The van der Waals surface area contributed by atoms with Crippen molar-refractivity contribution in [3.8, 4) is 0 Å². The van der Waals surface area contributed by atoms with Crippen molar-refractivity contribution in [2.24, 2.45) is 0 Å². The van der Waals surface area contributed by atoms with Gasteiger partial charge in [0.1, 0.15) is 0 Å². The third-order valence-corrected chi connectivity index (χ3v) is 6.07. The molecule has 0 bridgehead atoms. The Balaban J connectivity index is 1.52. The van der Waals surface area contributed by atoms with E-state index in [-0.39, 0.29) is 11.2 Å². The third-order valence-electron chi connectivity index (χ3n) is 3.96. The van der Waals surface area contributed by atoms with Gasteiger partial charge in [-0.25, -0.2) is 0 Å². The van der Waals surface area contributed by atoms with Crippen molar-refractivity contribution in [2.75, 3.05) is 43.4 Å². The Morgan fingerprint density at radius 2 is 1.92 bits per heavy atom. The number of nitrogens with one attached hydrogen (secondary N) is 1. The quantitative estimate of drug-likeness (QED) is 0.823. The van der Waals surface area contributed by atoms with Crippen LogP contribution >= 0.6 is 23.1 Å². The summed E-state index contributed by atoms with van der Waals surface area (Å²) in [7, 11) is 1.82. The summed E-state index contributed by atoms with van der Waals surface area (Å²) in [5, 5.41) is 11.7. The van der Waals surface area contributed by atoms with Crippen LogP contribution in [0.25, 0.3) is 0 Å². The number of benzene rings is 1. The molecule has 6 nitrogen and oxygen atoms in total. The molecule has 1 N–H and O–H groups in total. The Morgan fingerprint density at radius 3 is 2.54 bits per heavy atom. The van der Waals surface area contributed by atoms with Crippen LogP contribution in [0.3, 0.4) is 0 Å². The molecule has 24 heavy (non-hydrogen) atoms. The summed E-state index contributed by atoms with van der Waals surface area (Å²) in [4.78, 5) is 16.9. The number of carbonyl (C=O) groups is 1. The number of amides is 1. The number of piperazine rings is 1. The van der Waals surface area contributed by atoms with Crippen LogP contribution in [0.2, 0.25) is 0 Å². The molecule has 1 aliphatic heterocycles. The molecule has 1 aromatic carbocycles. The first-order valence-corrected chi connectivity index (χ1v) is 9.63. The average Bonchev–Trinajstić information content (AvgIpc) is 3.09. The number of thioether (sulfide) groups is 1. The van der Waals surface area contributed by atoms with E-state index in [1.54, 1.807) is 0 Å². The molecule has 0 aliphatic carbocycles. The van der Waals surface area contributed by atoms with Gasteiger partial charge in [0, 0.05) is 38.9 Å². The summed E-state index contributed by atoms with van der Waals surface area (Å²) in [5.41, 5.74) is 1.22. The van der Waals surface area contributed by atoms with Crippen LogP contribution in [0.4, 0.5) is 10.8 Å². The smallest absolute Gasteiger partial charge is 0.235 e. The number of rotatable bonds is 5. The molecular weight excluding hydrogens is 342 g/mol. The predicted molar refractivity (Wildman–Crippen MR) is 100 cm³/mol. The van der Waals surface area contributed by atoms with E-state index in [0.29, 0.717) is 0 Å². The summed E-state index contributed by atoms with van der Waals surface area (Å²) < 4.78 is 0.822. The highest BCUT2D eigenvalue weighted by Crippen LogP contribution is 2.29. The van der Waals surface area contributed by atoms with Gasteiger partial charge in [-0.1, -0.05) is 41.3 Å². The van der Waals surface area contributed by atoms with Crippen molar-refractivity contribution in [3.63, 3.8) is 0 Å².